The van der Waals surface area contributed by atoms with Crippen LogP contribution >= 0.6 is 0 Å². The summed E-state index contributed by atoms with van der Waals surface area (Å²) < 4.78 is 53.2. The fourth-order valence-corrected chi connectivity index (χ4v) is 8.78. The van der Waals surface area contributed by atoms with Gasteiger partial charge in [0.25, 0.3) is 5.91 Å². The first-order chi connectivity index (χ1) is 19.1. The van der Waals surface area contributed by atoms with Gasteiger partial charge in [-0.3, -0.25) is 9.69 Å². The molecule has 2 saturated carbocycles. The topological polar surface area (TPSA) is 42.0 Å². The molecule has 3 aliphatic carbocycles. The van der Waals surface area contributed by atoms with E-state index in [0.717, 1.165) is 69.0 Å². The van der Waals surface area contributed by atoms with Gasteiger partial charge in [0.05, 0.1) is 18.3 Å². The van der Waals surface area contributed by atoms with E-state index >= 15 is 0 Å². The van der Waals surface area contributed by atoms with Gasteiger partial charge in [0.2, 0.25) is 0 Å². The largest absolute Gasteiger partial charge is 0.497 e. The Morgan fingerprint density at radius 2 is 1.95 bits per heavy atom. The van der Waals surface area contributed by atoms with Crippen LogP contribution in [0.3, 0.4) is 0 Å². The summed E-state index contributed by atoms with van der Waals surface area (Å²) in [6, 6.07) is 11.6. The van der Waals surface area contributed by atoms with Crippen molar-refractivity contribution in [2.75, 3.05) is 33.9 Å². The normalized spacial score (nSPS) is 33.1. The van der Waals surface area contributed by atoms with E-state index in [2.05, 4.69) is 17.0 Å². The summed E-state index contributed by atoms with van der Waals surface area (Å²) in [4.78, 5) is 18.3. The molecule has 8 rings (SSSR count). The van der Waals surface area contributed by atoms with Crippen LogP contribution in [-0.2, 0) is 22.7 Å². The number of amides is 1. The number of hydrogen-bond donors (Lipinski definition) is 0. The third kappa shape index (κ3) is 3.78. The number of carbonyl (C=O) groups excluding carboxylic acids is 1. The van der Waals surface area contributed by atoms with Crippen molar-refractivity contribution in [2.24, 2.45) is 5.92 Å². The van der Waals surface area contributed by atoms with Crippen LogP contribution in [0.2, 0.25) is 0 Å². The van der Waals surface area contributed by atoms with Crippen LogP contribution in [0, 0.1) is 5.92 Å². The van der Waals surface area contributed by atoms with Gasteiger partial charge in [-0.1, -0.05) is 12.1 Å². The molecule has 0 N–H and O–H groups in total. The van der Waals surface area contributed by atoms with E-state index < -0.39 is 17.3 Å². The molecule has 1 spiro atoms. The Morgan fingerprint density at radius 3 is 2.70 bits per heavy atom. The van der Waals surface area contributed by atoms with E-state index in [1.54, 1.807) is 19.1 Å². The highest BCUT2D eigenvalue weighted by Gasteiger charge is 2.70. The molecule has 3 aliphatic heterocycles. The Hall–Kier alpha value is -2.58. The second-order valence-corrected chi connectivity index (χ2v) is 12.8. The fourth-order valence-electron chi connectivity index (χ4n) is 8.78. The Kier molecular flexibility index (Phi) is 5.90. The molecule has 8 heteroatoms. The van der Waals surface area contributed by atoms with E-state index in [-0.39, 0.29) is 28.5 Å². The van der Waals surface area contributed by atoms with Crippen LogP contribution in [0.15, 0.2) is 42.5 Å². The van der Waals surface area contributed by atoms with E-state index in [1.165, 1.54) is 36.1 Å². The van der Waals surface area contributed by atoms with Gasteiger partial charge in [-0.25, -0.2) is 0 Å². The molecule has 4 unspecified atom stereocenters. The van der Waals surface area contributed by atoms with Gasteiger partial charge in [0.1, 0.15) is 5.75 Å². The number of benzene rings is 2. The second kappa shape index (κ2) is 8.96. The first-order valence-electron chi connectivity index (χ1n) is 14.6. The standard InChI is InChI=1S/C32H37F3N2O3/c1-36(28(38)23-4-3-5-24(16-23)32(33,34)35)29-10-11-31(40-15-13-29)27-17-22-8-9-25(39-2)18-26(22)30(31,20-29)12-14-37(27)19-21-6-7-21/h3-5,8-9,16,18,21,27H,6-7,10-15,17,19-20H2,1-2H3. The predicted molar refractivity (Wildman–Crippen MR) is 144 cm³/mol. The number of nitrogens with zero attached hydrogens (tertiary/aromatic N) is 2. The summed E-state index contributed by atoms with van der Waals surface area (Å²) in [6.07, 6.45) is 3.02. The third-order valence-corrected chi connectivity index (χ3v) is 11.0. The SMILES string of the molecule is COc1ccc2c(c1)C13CCN(CC4CC4)C(C2)C12CCC(N(C)C(=O)c1cccc(C(F)(F)F)c1)(CCO2)C3. The number of piperidine rings is 1. The number of hydrogen-bond acceptors (Lipinski definition) is 4. The molecule has 4 bridgehead atoms. The maximum absolute atomic E-state index is 13.9. The Labute approximate surface area is 233 Å². The average Bonchev–Trinajstić information content (AvgIpc) is 3.80. The second-order valence-electron chi connectivity index (χ2n) is 12.8. The number of rotatable bonds is 5. The molecule has 3 saturated heterocycles. The lowest BCUT2D eigenvalue weighted by molar-refractivity contribution is -0.193. The lowest BCUT2D eigenvalue weighted by atomic mass is 9.46. The minimum Gasteiger partial charge on any atom is -0.497 e. The molecule has 4 atom stereocenters. The molecule has 40 heavy (non-hydrogen) atoms. The van der Waals surface area contributed by atoms with E-state index in [1.807, 2.05) is 6.07 Å². The van der Waals surface area contributed by atoms with Crippen LogP contribution in [0.4, 0.5) is 13.2 Å². The van der Waals surface area contributed by atoms with Gasteiger partial charge in [-0.2, -0.15) is 13.2 Å². The fraction of sp³-hybridized carbons (Fsp3) is 0.594. The maximum Gasteiger partial charge on any atom is 0.416 e. The van der Waals surface area contributed by atoms with E-state index in [9.17, 15) is 18.0 Å². The van der Waals surface area contributed by atoms with Crippen molar-refractivity contribution in [3.63, 3.8) is 0 Å². The van der Waals surface area contributed by atoms with Crippen molar-refractivity contribution < 1.29 is 27.4 Å². The smallest absolute Gasteiger partial charge is 0.416 e. The number of likely N-dealkylation sites (tertiary alicyclic amines) is 1. The summed E-state index contributed by atoms with van der Waals surface area (Å²) in [5.74, 6) is 1.25. The van der Waals surface area contributed by atoms with Crippen LogP contribution in [0.1, 0.15) is 72.0 Å². The molecular formula is C32H37F3N2O3. The van der Waals surface area contributed by atoms with Crippen LogP contribution in [0.5, 0.6) is 5.75 Å². The zero-order valence-electron chi connectivity index (χ0n) is 23.2. The van der Waals surface area contributed by atoms with E-state index in [4.69, 9.17) is 9.47 Å². The number of alkyl halides is 3. The molecule has 2 aromatic rings. The Bertz CT molecular complexity index is 1340. The third-order valence-electron chi connectivity index (χ3n) is 11.0. The summed E-state index contributed by atoms with van der Waals surface area (Å²) in [6.45, 7) is 2.65. The summed E-state index contributed by atoms with van der Waals surface area (Å²) in [5, 5.41) is 0. The molecule has 1 amide bonds. The lowest BCUT2D eigenvalue weighted by Crippen LogP contribution is -2.75. The number of carbonyl (C=O) groups is 1. The maximum atomic E-state index is 13.9. The minimum atomic E-state index is -4.50. The van der Waals surface area contributed by atoms with E-state index in [0.29, 0.717) is 13.0 Å². The van der Waals surface area contributed by atoms with Gasteiger partial charge < -0.3 is 14.4 Å². The molecule has 0 aromatic heterocycles. The van der Waals surface area contributed by atoms with Crippen LogP contribution in [-0.4, -0.2) is 66.7 Å². The average molecular weight is 555 g/mol. The molecule has 3 heterocycles. The van der Waals surface area contributed by atoms with Crippen molar-refractivity contribution in [1.82, 2.24) is 9.80 Å². The van der Waals surface area contributed by atoms with Crippen LogP contribution < -0.4 is 4.74 Å². The zero-order chi connectivity index (χ0) is 27.9. The molecule has 0 radical (unpaired) electrons. The molecule has 2 aromatic carbocycles. The highest BCUT2D eigenvalue weighted by Crippen LogP contribution is 2.65. The number of methoxy groups -OCH3 is 1. The van der Waals surface area contributed by atoms with Gasteiger partial charge in [-0.15, -0.1) is 0 Å². The first kappa shape index (κ1) is 26.3. The number of ether oxygens (including phenoxy) is 2. The predicted octanol–water partition coefficient (Wildman–Crippen LogP) is 5.85. The van der Waals surface area contributed by atoms with Gasteiger partial charge >= 0.3 is 6.18 Å². The molecule has 6 aliphatic rings. The monoisotopic (exact) mass is 554 g/mol. The number of halogens is 3. The van der Waals surface area contributed by atoms with Gasteiger partial charge in [-0.05, 0) is 105 Å². The highest BCUT2D eigenvalue weighted by molar-refractivity contribution is 5.94. The van der Waals surface area contributed by atoms with Crippen molar-refractivity contribution in [1.29, 1.82) is 0 Å². The van der Waals surface area contributed by atoms with Crippen molar-refractivity contribution in [3.05, 3.63) is 64.7 Å². The summed E-state index contributed by atoms with van der Waals surface area (Å²) >= 11 is 0. The first-order valence-corrected chi connectivity index (χ1v) is 14.6. The van der Waals surface area contributed by atoms with Crippen molar-refractivity contribution >= 4 is 5.91 Å². The Morgan fingerprint density at radius 1 is 1.12 bits per heavy atom. The van der Waals surface area contributed by atoms with Crippen LogP contribution in [0.25, 0.3) is 0 Å². The molecule has 5 nitrogen and oxygen atoms in total. The zero-order valence-corrected chi connectivity index (χ0v) is 23.2. The molecule has 214 valence electrons. The summed E-state index contributed by atoms with van der Waals surface area (Å²) in [7, 11) is 3.48. The van der Waals surface area contributed by atoms with Crippen molar-refractivity contribution in [3.8, 4) is 5.75 Å². The molecule has 5 fully saturated rings. The van der Waals surface area contributed by atoms with Gasteiger partial charge in [0.15, 0.2) is 0 Å². The number of fused-ring (bicyclic) bond motifs is 4. The van der Waals surface area contributed by atoms with Crippen molar-refractivity contribution in [2.45, 2.75) is 80.1 Å². The Balaban J connectivity index is 1.31. The lowest BCUT2D eigenvalue weighted by Gasteiger charge is -2.67. The summed E-state index contributed by atoms with van der Waals surface area (Å²) in [5.41, 5.74) is 0.737. The quantitative estimate of drug-likeness (QED) is 0.466. The molecular weight excluding hydrogens is 517 g/mol. The minimum absolute atomic E-state index is 0.0778. The van der Waals surface area contributed by atoms with Gasteiger partial charge in [0, 0.05) is 42.8 Å². The highest BCUT2D eigenvalue weighted by atomic mass is 19.4.